The van der Waals surface area contributed by atoms with Crippen molar-refractivity contribution in [2.24, 2.45) is 0 Å². The molecule has 200 valence electrons. The van der Waals surface area contributed by atoms with Crippen molar-refractivity contribution >= 4 is 45.7 Å². The highest BCUT2D eigenvalue weighted by Crippen LogP contribution is 2.39. The second-order valence-corrected chi connectivity index (χ2v) is 10.3. The number of pyridine rings is 1. The predicted molar refractivity (Wildman–Crippen MR) is 157 cm³/mol. The van der Waals surface area contributed by atoms with Crippen molar-refractivity contribution in [1.29, 1.82) is 0 Å². The fraction of sp³-hybridized carbons (Fsp3) is 0.121. The van der Waals surface area contributed by atoms with Crippen LogP contribution in [0, 0.1) is 5.82 Å². The second-order valence-electron chi connectivity index (χ2n) is 9.43. The first-order valence-corrected chi connectivity index (χ1v) is 13.4. The predicted octanol–water partition coefficient (Wildman–Crippen LogP) is 8.99. The molecule has 1 aromatic heterocycles. The van der Waals surface area contributed by atoms with Gasteiger partial charge in [-0.15, -0.1) is 0 Å². The van der Waals surface area contributed by atoms with Gasteiger partial charge in [-0.25, -0.2) is 9.37 Å². The molecule has 0 aliphatic carbocycles. The van der Waals surface area contributed by atoms with Crippen molar-refractivity contribution in [2.45, 2.75) is 18.8 Å². The number of hydrogen-bond donors (Lipinski definition) is 0. The summed E-state index contributed by atoms with van der Waals surface area (Å²) in [6, 6.07) is 27.0. The van der Waals surface area contributed by atoms with Crippen molar-refractivity contribution in [3.8, 4) is 17.0 Å². The van der Waals surface area contributed by atoms with Gasteiger partial charge < -0.3 is 4.74 Å². The molecule has 1 heterocycles. The van der Waals surface area contributed by atoms with Crippen LogP contribution in [0.2, 0.25) is 10.0 Å². The molecule has 0 radical (unpaired) electrons. The summed E-state index contributed by atoms with van der Waals surface area (Å²) in [5, 5.41) is 1.87. The van der Waals surface area contributed by atoms with E-state index in [0.717, 1.165) is 5.39 Å². The average molecular weight is 572 g/mol. The third-order valence-corrected chi connectivity index (χ3v) is 7.31. The lowest BCUT2D eigenvalue weighted by molar-refractivity contribution is 0.0944. The van der Waals surface area contributed by atoms with Crippen LogP contribution < -0.4 is 4.74 Å². The number of nitrogens with zero attached hydrogens (tertiary/aromatic N) is 1. The summed E-state index contributed by atoms with van der Waals surface area (Å²) >= 11 is 12.1. The van der Waals surface area contributed by atoms with Gasteiger partial charge in [-0.2, -0.15) is 0 Å². The summed E-state index contributed by atoms with van der Waals surface area (Å²) in [5.41, 5.74) is 3.18. The maximum absolute atomic E-state index is 14.5. The van der Waals surface area contributed by atoms with Crippen LogP contribution in [0.3, 0.4) is 0 Å². The lowest BCUT2D eigenvalue weighted by Crippen LogP contribution is -2.14. The largest absolute Gasteiger partial charge is 0.496 e. The van der Waals surface area contributed by atoms with Crippen LogP contribution in [-0.2, 0) is 0 Å². The van der Waals surface area contributed by atoms with Crippen LogP contribution >= 0.6 is 23.2 Å². The molecule has 40 heavy (non-hydrogen) atoms. The van der Waals surface area contributed by atoms with E-state index in [1.54, 1.807) is 48.5 Å². The van der Waals surface area contributed by atoms with Gasteiger partial charge >= 0.3 is 0 Å². The standard InChI is InChI=1S/C33H24Cl2FNO3/c1-40-32-15-14-26(36)19-28(32)33-27(16-22-4-2-3-5-29(22)37-33)23(17-30(38)20-6-10-24(34)11-7-20)18-31(39)21-8-12-25(35)13-9-21/h2-16,19,23H,17-18H2,1H3. The number of carbonyl (C=O) groups is 2. The van der Waals surface area contributed by atoms with E-state index < -0.39 is 11.7 Å². The molecule has 0 unspecified atom stereocenters. The molecule has 5 aromatic rings. The molecule has 0 saturated heterocycles. The van der Waals surface area contributed by atoms with Crippen LogP contribution in [0.1, 0.15) is 45.0 Å². The quantitative estimate of drug-likeness (QED) is 0.166. The number of rotatable bonds is 9. The first kappa shape index (κ1) is 27.5. The highest BCUT2D eigenvalue weighted by atomic mass is 35.5. The molecule has 4 nitrogen and oxygen atoms in total. The van der Waals surface area contributed by atoms with Crippen molar-refractivity contribution in [2.75, 3.05) is 7.11 Å². The Bertz CT molecular complexity index is 1640. The van der Waals surface area contributed by atoms with Gasteiger partial charge in [0.25, 0.3) is 0 Å². The number of ketones is 2. The maximum Gasteiger partial charge on any atom is 0.163 e. The Morgan fingerprint density at radius 3 is 1.95 bits per heavy atom. The van der Waals surface area contributed by atoms with E-state index in [0.29, 0.717) is 49.3 Å². The van der Waals surface area contributed by atoms with Gasteiger partial charge in [0.1, 0.15) is 11.6 Å². The summed E-state index contributed by atoms with van der Waals surface area (Å²) < 4.78 is 20.1. The molecule has 4 aromatic carbocycles. The topological polar surface area (TPSA) is 56.3 Å². The fourth-order valence-corrected chi connectivity index (χ4v) is 5.02. The summed E-state index contributed by atoms with van der Waals surface area (Å²) in [7, 11) is 1.50. The number of benzene rings is 4. The second kappa shape index (κ2) is 12.0. The molecular weight excluding hydrogens is 548 g/mol. The summed E-state index contributed by atoms with van der Waals surface area (Å²) in [5.74, 6) is -0.918. The fourth-order valence-electron chi connectivity index (χ4n) is 4.77. The number of carbonyl (C=O) groups excluding carboxylic acids is 2. The van der Waals surface area contributed by atoms with E-state index in [2.05, 4.69) is 0 Å². The minimum absolute atomic E-state index is 0.0195. The number of halogens is 3. The Labute approximate surface area is 241 Å². The van der Waals surface area contributed by atoms with Gasteiger partial charge in [-0.1, -0.05) is 41.4 Å². The van der Waals surface area contributed by atoms with Crippen molar-refractivity contribution in [3.05, 3.63) is 130 Å². The number of fused-ring (bicyclic) bond motifs is 1. The molecule has 0 amide bonds. The van der Waals surface area contributed by atoms with Crippen LogP contribution in [0.15, 0.2) is 97.1 Å². The van der Waals surface area contributed by atoms with E-state index in [1.165, 1.54) is 25.3 Å². The normalized spacial score (nSPS) is 11.1. The Hall–Kier alpha value is -4.06. The number of ether oxygens (including phenoxy) is 1. The van der Waals surface area contributed by atoms with Gasteiger partial charge in [0.05, 0.1) is 18.3 Å². The zero-order valence-electron chi connectivity index (χ0n) is 21.5. The smallest absolute Gasteiger partial charge is 0.163 e. The van der Waals surface area contributed by atoms with Gasteiger partial charge in [-0.3, -0.25) is 9.59 Å². The maximum atomic E-state index is 14.5. The number of para-hydroxylation sites is 1. The Kier molecular flexibility index (Phi) is 8.24. The van der Waals surface area contributed by atoms with Crippen LogP contribution in [0.5, 0.6) is 5.75 Å². The average Bonchev–Trinajstić information content (AvgIpc) is 2.96. The zero-order chi connectivity index (χ0) is 28.2. The summed E-state index contributed by atoms with van der Waals surface area (Å²) in [4.78, 5) is 31.9. The molecule has 0 fully saturated rings. The first-order chi connectivity index (χ1) is 19.3. The van der Waals surface area contributed by atoms with E-state index in [1.807, 2.05) is 30.3 Å². The summed E-state index contributed by atoms with van der Waals surface area (Å²) in [6.07, 6.45) is 0.0389. The molecule has 0 saturated carbocycles. The molecule has 0 aliphatic rings. The van der Waals surface area contributed by atoms with Gasteiger partial charge in [0.2, 0.25) is 0 Å². The van der Waals surface area contributed by atoms with Gasteiger partial charge in [0.15, 0.2) is 11.6 Å². The van der Waals surface area contributed by atoms with Crippen LogP contribution in [0.25, 0.3) is 22.2 Å². The highest BCUT2D eigenvalue weighted by Gasteiger charge is 2.27. The summed E-state index contributed by atoms with van der Waals surface area (Å²) in [6.45, 7) is 0. The van der Waals surface area contributed by atoms with Crippen LogP contribution in [0.4, 0.5) is 4.39 Å². The minimum atomic E-state index is -0.577. The molecule has 5 rings (SSSR count). The molecular formula is C33H24Cl2FNO3. The molecule has 0 N–H and O–H groups in total. The van der Waals surface area contributed by atoms with E-state index in [4.69, 9.17) is 32.9 Å². The van der Waals surface area contributed by atoms with Gasteiger partial charge in [-0.05, 0) is 84.4 Å². The number of methoxy groups -OCH3 is 1. The lowest BCUT2D eigenvalue weighted by atomic mass is 9.83. The van der Waals surface area contributed by atoms with Crippen molar-refractivity contribution in [3.63, 3.8) is 0 Å². The minimum Gasteiger partial charge on any atom is -0.496 e. The first-order valence-electron chi connectivity index (χ1n) is 12.6. The Morgan fingerprint density at radius 2 is 1.38 bits per heavy atom. The number of aromatic nitrogens is 1. The number of Topliss-reactive ketones (excluding diaryl/α,β-unsaturated/α-hetero) is 2. The molecule has 7 heteroatoms. The van der Waals surface area contributed by atoms with Crippen molar-refractivity contribution < 1.29 is 18.7 Å². The van der Waals surface area contributed by atoms with E-state index in [9.17, 15) is 14.0 Å². The van der Waals surface area contributed by atoms with E-state index in [-0.39, 0.29) is 24.4 Å². The highest BCUT2D eigenvalue weighted by molar-refractivity contribution is 6.31. The molecule has 0 aliphatic heterocycles. The molecule has 0 atom stereocenters. The van der Waals surface area contributed by atoms with Gasteiger partial charge in [0, 0.05) is 50.9 Å². The number of hydrogen-bond acceptors (Lipinski definition) is 4. The third-order valence-electron chi connectivity index (χ3n) is 6.81. The molecule has 0 spiro atoms. The zero-order valence-corrected chi connectivity index (χ0v) is 23.0. The SMILES string of the molecule is COc1ccc(F)cc1-c1nc2ccccc2cc1C(CC(=O)c1ccc(Cl)cc1)CC(=O)c1ccc(Cl)cc1. The van der Waals surface area contributed by atoms with E-state index >= 15 is 0 Å². The Morgan fingerprint density at radius 1 is 0.800 bits per heavy atom. The van der Waals surface area contributed by atoms with Crippen LogP contribution in [-0.4, -0.2) is 23.7 Å². The monoisotopic (exact) mass is 571 g/mol. The van der Waals surface area contributed by atoms with Crippen molar-refractivity contribution in [1.82, 2.24) is 4.98 Å². The third kappa shape index (κ3) is 6.06. The Balaban J connectivity index is 1.67. The molecule has 0 bridgehead atoms. The lowest BCUT2D eigenvalue weighted by Gasteiger charge is -2.21.